The number of carbonyl (C=O) groups excluding carboxylic acids is 2. The second kappa shape index (κ2) is 8.30. The lowest BCUT2D eigenvalue weighted by molar-refractivity contribution is -0.132. The molecule has 1 aromatic heterocycles. The molecule has 1 unspecified atom stereocenters. The van der Waals surface area contributed by atoms with Crippen molar-refractivity contribution in [2.75, 3.05) is 4.90 Å². The molecule has 2 heterocycles. The van der Waals surface area contributed by atoms with Crippen LogP contribution in [0, 0.1) is 0 Å². The van der Waals surface area contributed by atoms with Crippen LogP contribution in [0.2, 0.25) is 0 Å². The van der Waals surface area contributed by atoms with Crippen LogP contribution in [0.1, 0.15) is 42.5 Å². The third kappa shape index (κ3) is 3.62. The molecule has 1 fully saturated rings. The van der Waals surface area contributed by atoms with E-state index in [2.05, 4.69) is 18.8 Å². The predicted molar refractivity (Wildman–Crippen MR) is 131 cm³/mol. The number of aliphatic hydroxyl groups is 1. The number of hydrogen-bond donors (Lipinski definition) is 1. The maximum atomic E-state index is 13.3. The van der Waals surface area contributed by atoms with Gasteiger partial charge in [-0.1, -0.05) is 91.9 Å². The molecule has 1 atom stereocenters. The molecule has 1 N–H and O–H groups in total. The van der Waals surface area contributed by atoms with Gasteiger partial charge in [0.2, 0.25) is 0 Å². The zero-order chi connectivity index (χ0) is 23.1. The number of benzene rings is 3. The van der Waals surface area contributed by atoms with Crippen LogP contribution < -0.4 is 4.90 Å². The van der Waals surface area contributed by atoms with Gasteiger partial charge < -0.3 is 5.11 Å². The number of para-hydroxylation sites is 1. The predicted octanol–water partition coefficient (Wildman–Crippen LogP) is 6.05. The lowest BCUT2D eigenvalue weighted by Gasteiger charge is -2.23. The van der Waals surface area contributed by atoms with Crippen LogP contribution in [-0.2, 0) is 9.59 Å². The van der Waals surface area contributed by atoms with Crippen molar-refractivity contribution in [3.8, 4) is 0 Å². The van der Waals surface area contributed by atoms with Crippen molar-refractivity contribution >= 4 is 44.1 Å². The Hall–Kier alpha value is -3.77. The van der Waals surface area contributed by atoms with Crippen LogP contribution in [-0.4, -0.2) is 21.8 Å². The van der Waals surface area contributed by atoms with E-state index in [9.17, 15) is 14.7 Å². The number of fused-ring (bicyclic) bond motifs is 1. The van der Waals surface area contributed by atoms with Gasteiger partial charge >= 0.3 is 5.91 Å². The lowest BCUT2D eigenvalue weighted by Crippen LogP contribution is -2.29. The molecule has 164 valence electrons. The van der Waals surface area contributed by atoms with E-state index < -0.39 is 17.7 Å². The first-order chi connectivity index (χ1) is 16.0. The van der Waals surface area contributed by atoms with Crippen molar-refractivity contribution in [3.05, 3.63) is 101 Å². The van der Waals surface area contributed by atoms with Gasteiger partial charge in [0, 0.05) is 5.56 Å². The number of carbonyl (C=O) groups is 2. The maximum Gasteiger partial charge on any atom is 0.301 e. The van der Waals surface area contributed by atoms with Crippen LogP contribution in [0.15, 0.2) is 84.4 Å². The van der Waals surface area contributed by atoms with Gasteiger partial charge in [-0.25, -0.2) is 4.98 Å². The Bertz CT molecular complexity index is 1350. The van der Waals surface area contributed by atoms with E-state index in [0.717, 1.165) is 21.3 Å². The van der Waals surface area contributed by atoms with E-state index >= 15 is 0 Å². The number of thiazole rings is 1. The van der Waals surface area contributed by atoms with E-state index in [0.29, 0.717) is 16.6 Å². The zero-order valence-corrected chi connectivity index (χ0v) is 19.0. The molecule has 1 aliphatic heterocycles. The molecule has 0 aliphatic carbocycles. The lowest BCUT2D eigenvalue weighted by atomic mass is 9.93. The minimum Gasteiger partial charge on any atom is -0.507 e. The number of ketones is 1. The molecular formula is C27H22N2O3S. The monoisotopic (exact) mass is 454 g/mol. The van der Waals surface area contributed by atoms with Crippen LogP contribution in [0.4, 0.5) is 5.13 Å². The summed E-state index contributed by atoms with van der Waals surface area (Å²) in [5.41, 5.74) is 3.22. The minimum absolute atomic E-state index is 0.0720. The SMILES string of the molecule is CC(C)c1ccc(C2/C(=C(/O)c3ccccc3)C(=O)C(=O)N2c2nc3ccccc3s2)cc1. The molecule has 0 saturated carbocycles. The molecule has 3 aromatic carbocycles. The fraction of sp³-hybridized carbons (Fsp3) is 0.148. The largest absolute Gasteiger partial charge is 0.507 e. The molecular weight excluding hydrogens is 432 g/mol. The first kappa shape index (κ1) is 21.1. The number of aromatic nitrogens is 1. The second-order valence-electron chi connectivity index (χ2n) is 8.32. The summed E-state index contributed by atoms with van der Waals surface area (Å²) in [4.78, 5) is 32.6. The molecule has 0 radical (unpaired) electrons. The number of hydrogen-bond acceptors (Lipinski definition) is 5. The van der Waals surface area contributed by atoms with Crippen molar-refractivity contribution in [3.63, 3.8) is 0 Å². The van der Waals surface area contributed by atoms with Crippen LogP contribution in [0.5, 0.6) is 0 Å². The molecule has 0 spiro atoms. The number of Topliss-reactive ketones (excluding diaryl/α,β-unsaturated/α-hetero) is 1. The van der Waals surface area contributed by atoms with Gasteiger partial charge in [0.25, 0.3) is 5.78 Å². The van der Waals surface area contributed by atoms with Crippen molar-refractivity contribution in [1.82, 2.24) is 4.98 Å². The number of amides is 1. The highest BCUT2D eigenvalue weighted by atomic mass is 32.1. The van der Waals surface area contributed by atoms with Crippen molar-refractivity contribution in [2.45, 2.75) is 25.8 Å². The fourth-order valence-corrected chi connectivity index (χ4v) is 5.12. The Morgan fingerprint density at radius 1 is 0.939 bits per heavy atom. The van der Waals surface area contributed by atoms with Gasteiger partial charge in [-0.2, -0.15) is 0 Å². The fourth-order valence-electron chi connectivity index (χ4n) is 4.12. The molecule has 4 aromatic rings. The standard InChI is InChI=1S/C27H22N2O3S/c1-16(2)17-12-14-18(15-13-17)23-22(24(30)19-8-4-3-5-9-19)25(31)26(32)29(23)27-28-20-10-6-7-11-21(20)33-27/h3-16,23,30H,1-2H3/b24-22-. The Balaban J connectivity index is 1.72. The number of anilines is 1. The molecule has 1 amide bonds. The average molecular weight is 455 g/mol. The van der Waals surface area contributed by atoms with Crippen LogP contribution in [0.25, 0.3) is 16.0 Å². The second-order valence-corrected chi connectivity index (χ2v) is 9.33. The highest BCUT2D eigenvalue weighted by molar-refractivity contribution is 7.22. The third-order valence-corrected chi connectivity index (χ3v) is 6.93. The van der Waals surface area contributed by atoms with E-state index in [1.807, 2.05) is 54.6 Å². The average Bonchev–Trinajstić information content (AvgIpc) is 3.38. The van der Waals surface area contributed by atoms with E-state index in [-0.39, 0.29) is 11.3 Å². The first-order valence-corrected chi connectivity index (χ1v) is 11.6. The summed E-state index contributed by atoms with van der Waals surface area (Å²) in [5, 5.41) is 11.6. The van der Waals surface area contributed by atoms with Crippen molar-refractivity contribution in [2.24, 2.45) is 0 Å². The van der Waals surface area contributed by atoms with Crippen LogP contribution >= 0.6 is 11.3 Å². The Morgan fingerprint density at radius 3 is 2.27 bits per heavy atom. The van der Waals surface area contributed by atoms with Gasteiger partial charge in [-0.05, 0) is 29.2 Å². The summed E-state index contributed by atoms with van der Waals surface area (Å²) in [6.45, 7) is 4.22. The zero-order valence-electron chi connectivity index (χ0n) is 18.2. The Kier molecular flexibility index (Phi) is 5.30. The summed E-state index contributed by atoms with van der Waals surface area (Å²) in [6.07, 6.45) is 0. The smallest absolute Gasteiger partial charge is 0.301 e. The van der Waals surface area contributed by atoms with Gasteiger partial charge in [-0.3, -0.25) is 14.5 Å². The first-order valence-electron chi connectivity index (χ1n) is 10.8. The summed E-state index contributed by atoms with van der Waals surface area (Å²) >= 11 is 1.35. The van der Waals surface area contributed by atoms with Crippen molar-refractivity contribution < 1.29 is 14.7 Å². The maximum absolute atomic E-state index is 13.3. The number of rotatable bonds is 4. The highest BCUT2D eigenvalue weighted by Gasteiger charge is 2.48. The van der Waals surface area contributed by atoms with Gasteiger partial charge in [0.1, 0.15) is 5.76 Å². The Labute approximate surface area is 195 Å². The van der Waals surface area contributed by atoms with E-state index in [1.165, 1.54) is 16.2 Å². The third-order valence-electron chi connectivity index (χ3n) is 5.90. The Morgan fingerprint density at radius 2 is 1.61 bits per heavy atom. The normalized spacial score (nSPS) is 17.9. The molecule has 0 bridgehead atoms. The molecule has 1 saturated heterocycles. The van der Waals surface area contributed by atoms with E-state index in [1.54, 1.807) is 24.3 Å². The quantitative estimate of drug-likeness (QED) is 0.232. The summed E-state index contributed by atoms with van der Waals surface area (Å²) in [5.74, 6) is -1.24. The summed E-state index contributed by atoms with van der Waals surface area (Å²) in [6, 6.07) is 23.5. The minimum atomic E-state index is -0.771. The molecule has 6 heteroatoms. The number of aliphatic hydroxyl groups excluding tert-OH is 1. The summed E-state index contributed by atoms with van der Waals surface area (Å²) in [7, 11) is 0. The summed E-state index contributed by atoms with van der Waals surface area (Å²) < 4.78 is 0.923. The molecule has 33 heavy (non-hydrogen) atoms. The highest BCUT2D eigenvalue weighted by Crippen LogP contribution is 2.44. The molecule has 5 nitrogen and oxygen atoms in total. The van der Waals surface area contributed by atoms with Crippen LogP contribution in [0.3, 0.4) is 0 Å². The van der Waals surface area contributed by atoms with E-state index in [4.69, 9.17) is 0 Å². The topological polar surface area (TPSA) is 70.5 Å². The van der Waals surface area contributed by atoms with Gasteiger partial charge in [-0.15, -0.1) is 0 Å². The number of nitrogens with zero attached hydrogens (tertiary/aromatic N) is 2. The van der Waals surface area contributed by atoms with Gasteiger partial charge in [0.05, 0.1) is 21.8 Å². The molecule has 5 rings (SSSR count). The molecule has 1 aliphatic rings. The van der Waals surface area contributed by atoms with Crippen molar-refractivity contribution in [1.29, 1.82) is 0 Å². The van der Waals surface area contributed by atoms with Gasteiger partial charge in [0.15, 0.2) is 5.13 Å².